The summed E-state index contributed by atoms with van der Waals surface area (Å²) in [6.45, 7) is 0. The largest absolute Gasteiger partial charge is 0.506 e. The quantitative estimate of drug-likeness (QED) is 0.619. The Morgan fingerprint density at radius 1 is 1.07 bits per heavy atom. The topological polar surface area (TPSA) is 119 Å². The lowest BCUT2D eigenvalue weighted by Crippen LogP contribution is -2.29. The first-order valence-corrected chi connectivity index (χ1v) is 9.60. The molecule has 0 aliphatic carbocycles. The summed E-state index contributed by atoms with van der Waals surface area (Å²) >= 11 is 0. The molecule has 2 aromatic rings. The lowest BCUT2D eigenvalue weighted by molar-refractivity contribution is 0.0963. The van der Waals surface area contributed by atoms with Crippen LogP contribution in [-0.4, -0.2) is 31.6 Å². The Labute approximate surface area is 156 Å². The maximum absolute atomic E-state index is 11.9. The number of aromatic hydroxyl groups is 1. The van der Waals surface area contributed by atoms with E-state index in [1.165, 1.54) is 12.1 Å². The molecule has 1 amide bonds. The Kier molecular flexibility index (Phi) is 4.95. The third-order valence-corrected chi connectivity index (χ3v) is 5.44. The van der Waals surface area contributed by atoms with Crippen molar-refractivity contribution in [2.75, 3.05) is 11.4 Å². The Morgan fingerprint density at radius 2 is 1.70 bits per heavy atom. The molecule has 2 aromatic carbocycles. The second-order valence-corrected chi connectivity index (χ2v) is 7.56. The predicted octanol–water partition coefficient (Wildman–Crippen LogP) is 1.55. The predicted molar refractivity (Wildman–Crippen MR) is 101 cm³/mol. The lowest BCUT2D eigenvalue weighted by Gasteiger charge is -2.16. The highest BCUT2D eigenvalue weighted by Crippen LogP contribution is 2.32. The molecule has 4 N–H and O–H groups in total. The number of rotatable bonds is 5. The number of anilines is 1. The molecular weight excluding hydrogens is 370 g/mol. The van der Waals surface area contributed by atoms with Crippen molar-refractivity contribution in [3.8, 4) is 5.75 Å². The van der Waals surface area contributed by atoms with Crippen molar-refractivity contribution in [1.82, 2.24) is 10.0 Å². The molecular formula is C18H19N3O5S. The van der Waals surface area contributed by atoms with Gasteiger partial charge in [0.1, 0.15) is 11.4 Å². The van der Waals surface area contributed by atoms with Gasteiger partial charge in [-0.05, 0) is 48.2 Å². The first kappa shape index (κ1) is 18.6. The van der Waals surface area contributed by atoms with Crippen molar-refractivity contribution in [3.05, 3.63) is 71.2 Å². The second kappa shape index (κ2) is 7.20. The van der Waals surface area contributed by atoms with E-state index in [0.29, 0.717) is 18.4 Å². The van der Waals surface area contributed by atoms with Gasteiger partial charge in [-0.3, -0.25) is 4.79 Å². The van der Waals surface area contributed by atoms with Gasteiger partial charge >= 0.3 is 10.2 Å². The number of aliphatic hydroxyl groups excluding tert-OH is 1. The summed E-state index contributed by atoms with van der Waals surface area (Å²) in [5.41, 5.74) is 2.49. The average Bonchev–Trinajstić information content (AvgIpc) is 2.91. The number of carbonyl (C=O) groups is 1. The van der Waals surface area contributed by atoms with Gasteiger partial charge in [0, 0.05) is 12.6 Å². The number of aryl methyl sites for hydroxylation is 2. The Bertz CT molecular complexity index is 1000. The molecule has 9 heteroatoms. The van der Waals surface area contributed by atoms with E-state index in [4.69, 9.17) is 0 Å². The highest BCUT2D eigenvalue weighted by atomic mass is 32.2. The van der Waals surface area contributed by atoms with Gasteiger partial charge in [-0.1, -0.05) is 18.2 Å². The highest BCUT2D eigenvalue weighted by Gasteiger charge is 2.30. The molecule has 27 heavy (non-hydrogen) atoms. The molecule has 0 spiro atoms. The zero-order chi connectivity index (χ0) is 19.6. The van der Waals surface area contributed by atoms with E-state index in [0.717, 1.165) is 21.6 Å². The number of hydrogen-bond donors (Lipinski definition) is 4. The maximum atomic E-state index is 11.9. The van der Waals surface area contributed by atoms with Crippen LogP contribution in [0.15, 0.2) is 54.5 Å². The molecule has 0 atom stereocenters. The molecule has 1 aliphatic rings. The van der Waals surface area contributed by atoms with Gasteiger partial charge in [-0.2, -0.15) is 8.42 Å². The molecule has 0 radical (unpaired) electrons. The van der Waals surface area contributed by atoms with Gasteiger partial charge < -0.3 is 15.5 Å². The molecule has 0 fully saturated rings. The van der Waals surface area contributed by atoms with Crippen molar-refractivity contribution < 1.29 is 23.4 Å². The van der Waals surface area contributed by atoms with Crippen molar-refractivity contribution in [1.29, 1.82) is 0 Å². The van der Waals surface area contributed by atoms with E-state index >= 15 is 0 Å². The summed E-state index contributed by atoms with van der Waals surface area (Å²) in [6, 6.07) is 11.9. The molecule has 3 rings (SSSR count). The molecule has 0 aromatic heterocycles. The van der Waals surface area contributed by atoms with E-state index in [2.05, 4.69) is 5.32 Å². The minimum atomic E-state index is -3.95. The van der Waals surface area contributed by atoms with Gasteiger partial charge in [0.05, 0.1) is 6.20 Å². The van der Waals surface area contributed by atoms with E-state index in [-0.39, 0.29) is 17.3 Å². The summed E-state index contributed by atoms with van der Waals surface area (Å²) < 4.78 is 26.5. The number of benzene rings is 2. The highest BCUT2D eigenvalue weighted by molar-refractivity contribution is 7.91. The fourth-order valence-electron chi connectivity index (χ4n) is 2.75. The minimum absolute atomic E-state index is 0.0465. The molecule has 0 saturated carbocycles. The van der Waals surface area contributed by atoms with Crippen LogP contribution in [0.1, 0.15) is 21.5 Å². The van der Waals surface area contributed by atoms with E-state index in [1.54, 1.807) is 25.2 Å². The third kappa shape index (κ3) is 3.98. The molecule has 0 unspecified atom stereocenters. The van der Waals surface area contributed by atoms with Gasteiger partial charge in [0.2, 0.25) is 5.88 Å². The fraction of sp³-hybridized carbons (Fsp3) is 0.167. The summed E-state index contributed by atoms with van der Waals surface area (Å²) in [5.74, 6) is -0.869. The molecule has 8 nitrogen and oxygen atoms in total. The van der Waals surface area contributed by atoms with E-state index in [1.807, 2.05) is 16.9 Å². The molecule has 0 saturated heterocycles. The van der Waals surface area contributed by atoms with Crippen LogP contribution in [0.3, 0.4) is 0 Å². The lowest BCUT2D eigenvalue weighted by atomic mass is 10.0. The summed E-state index contributed by atoms with van der Waals surface area (Å²) in [7, 11) is -2.37. The SMILES string of the molecule is CNC(=O)c1ccc(CCc2ccc(N3C=C(O)NS3(=O)=O)c(O)c2)cc1. The number of carbonyl (C=O) groups excluding carboxylic acids is 1. The van der Waals surface area contributed by atoms with Crippen molar-refractivity contribution >= 4 is 21.8 Å². The third-order valence-electron chi connectivity index (χ3n) is 4.15. The first-order valence-electron chi connectivity index (χ1n) is 8.16. The molecule has 1 heterocycles. The number of amides is 1. The Balaban J connectivity index is 1.70. The zero-order valence-corrected chi connectivity index (χ0v) is 15.3. The maximum Gasteiger partial charge on any atom is 0.330 e. The fourth-order valence-corrected chi connectivity index (χ4v) is 3.82. The number of phenols is 1. The Morgan fingerprint density at radius 3 is 2.26 bits per heavy atom. The van der Waals surface area contributed by atoms with Crippen molar-refractivity contribution in [2.24, 2.45) is 0 Å². The number of nitrogens with one attached hydrogen (secondary N) is 2. The van der Waals surface area contributed by atoms with Crippen LogP contribution >= 0.6 is 0 Å². The Hall–Kier alpha value is -3.20. The summed E-state index contributed by atoms with van der Waals surface area (Å²) in [5, 5.41) is 22.1. The van der Waals surface area contributed by atoms with Gasteiger partial charge in [0.15, 0.2) is 0 Å². The van der Waals surface area contributed by atoms with Crippen LogP contribution in [0.4, 0.5) is 5.69 Å². The van der Waals surface area contributed by atoms with Gasteiger partial charge in [-0.15, -0.1) is 0 Å². The standard InChI is InChI=1S/C18H19N3O5S/c1-19-18(24)14-7-4-12(5-8-14)2-3-13-6-9-15(16(22)10-13)21-11-17(23)20-27(21,25)26/h4-11,20,22-23H,2-3H2,1H3,(H,19,24). The summed E-state index contributed by atoms with van der Waals surface area (Å²) in [6.07, 6.45) is 2.30. The average molecular weight is 389 g/mol. The number of nitrogens with zero attached hydrogens (tertiary/aromatic N) is 1. The number of hydrogen-bond acceptors (Lipinski definition) is 5. The molecule has 142 valence electrons. The summed E-state index contributed by atoms with van der Waals surface area (Å²) in [4.78, 5) is 11.5. The first-order chi connectivity index (χ1) is 12.8. The van der Waals surface area contributed by atoms with Crippen molar-refractivity contribution in [2.45, 2.75) is 12.8 Å². The van der Waals surface area contributed by atoms with E-state index in [9.17, 15) is 23.4 Å². The molecule has 1 aliphatic heterocycles. The normalized spacial score (nSPS) is 15.1. The monoisotopic (exact) mass is 389 g/mol. The number of aliphatic hydroxyl groups is 1. The van der Waals surface area contributed by atoms with Gasteiger partial charge in [0.25, 0.3) is 5.91 Å². The zero-order valence-electron chi connectivity index (χ0n) is 14.5. The van der Waals surface area contributed by atoms with Crippen LogP contribution in [0.25, 0.3) is 0 Å². The smallest absolute Gasteiger partial charge is 0.330 e. The molecule has 0 bridgehead atoms. The van der Waals surface area contributed by atoms with Gasteiger partial charge in [-0.25, -0.2) is 9.03 Å². The van der Waals surface area contributed by atoms with Crippen LogP contribution in [-0.2, 0) is 23.1 Å². The second-order valence-electron chi connectivity index (χ2n) is 6.02. The van der Waals surface area contributed by atoms with Crippen molar-refractivity contribution in [3.63, 3.8) is 0 Å². The van der Waals surface area contributed by atoms with E-state index < -0.39 is 16.1 Å². The van der Waals surface area contributed by atoms with Crippen LogP contribution < -0.4 is 14.3 Å². The minimum Gasteiger partial charge on any atom is -0.506 e. The van der Waals surface area contributed by atoms with Crippen LogP contribution in [0.2, 0.25) is 0 Å². The van der Waals surface area contributed by atoms with Crippen LogP contribution in [0.5, 0.6) is 5.75 Å². The number of phenolic OH excluding ortho intramolecular Hbond substituents is 1. The van der Waals surface area contributed by atoms with Crippen LogP contribution in [0, 0.1) is 0 Å².